The molecule has 1 aliphatic heterocycles. The molecule has 1 heterocycles. The second-order valence-corrected chi connectivity index (χ2v) is 4.86. The van der Waals surface area contributed by atoms with Gasteiger partial charge in [0.1, 0.15) is 5.75 Å². The Balaban J connectivity index is 2.56. The van der Waals surface area contributed by atoms with Crippen LogP contribution < -0.4 is 15.0 Å². The lowest BCUT2D eigenvalue weighted by Crippen LogP contribution is -2.40. The summed E-state index contributed by atoms with van der Waals surface area (Å²) in [5.74, 6) is 0.684. The van der Waals surface area contributed by atoms with Gasteiger partial charge in [0.05, 0.1) is 19.4 Å². The zero-order chi connectivity index (χ0) is 15.6. The average molecular weight is 294 g/mol. The van der Waals surface area contributed by atoms with Crippen molar-refractivity contribution in [1.29, 1.82) is 0 Å². The minimum Gasteiger partial charge on any atom is -0.496 e. The minimum atomic E-state index is -1.01. The van der Waals surface area contributed by atoms with E-state index in [1.54, 1.807) is 18.1 Å². The monoisotopic (exact) mass is 294 g/mol. The number of hydrogen-bond acceptors (Lipinski definition) is 4. The standard InChI is InChI=1S/C15H22N2O4/c1-5-16-15(19)17(6-2)11-7-12(20-4)9(3)10-8-21-14(18)13(10)11/h7,14,18H,5-6,8H2,1-4H3,(H,16,19). The van der Waals surface area contributed by atoms with E-state index >= 15 is 0 Å². The number of aliphatic hydroxyl groups excluding tert-OH is 1. The zero-order valence-corrected chi connectivity index (χ0v) is 12.9. The Morgan fingerprint density at radius 1 is 1.57 bits per heavy atom. The smallest absolute Gasteiger partial charge is 0.321 e. The van der Waals surface area contributed by atoms with Crippen LogP contribution in [0.15, 0.2) is 6.07 Å². The summed E-state index contributed by atoms with van der Waals surface area (Å²) < 4.78 is 10.7. The number of amides is 2. The van der Waals surface area contributed by atoms with Gasteiger partial charge in [0, 0.05) is 24.7 Å². The molecular weight excluding hydrogens is 272 g/mol. The number of hydrogen-bond donors (Lipinski definition) is 2. The van der Waals surface area contributed by atoms with Crippen LogP contribution in [0, 0.1) is 6.92 Å². The molecule has 2 amide bonds. The molecular formula is C15H22N2O4. The molecule has 1 atom stereocenters. The molecule has 0 radical (unpaired) electrons. The molecule has 0 saturated heterocycles. The van der Waals surface area contributed by atoms with E-state index < -0.39 is 6.29 Å². The third-order valence-electron chi connectivity index (χ3n) is 3.72. The topological polar surface area (TPSA) is 71.0 Å². The minimum absolute atomic E-state index is 0.202. The number of urea groups is 1. The molecule has 21 heavy (non-hydrogen) atoms. The highest BCUT2D eigenvalue weighted by Crippen LogP contribution is 2.42. The average Bonchev–Trinajstić information content (AvgIpc) is 2.85. The molecule has 1 aromatic rings. The first-order valence-electron chi connectivity index (χ1n) is 7.10. The molecule has 0 aliphatic carbocycles. The van der Waals surface area contributed by atoms with Gasteiger partial charge >= 0.3 is 6.03 Å². The lowest BCUT2D eigenvalue weighted by atomic mass is 10.00. The number of ether oxygens (including phenoxy) is 2. The van der Waals surface area contributed by atoms with Gasteiger partial charge in [-0.2, -0.15) is 0 Å². The first-order valence-corrected chi connectivity index (χ1v) is 7.10. The van der Waals surface area contributed by atoms with Crippen LogP contribution in [0.5, 0.6) is 5.75 Å². The van der Waals surface area contributed by atoms with Crippen molar-refractivity contribution in [2.75, 3.05) is 25.1 Å². The highest BCUT2D eigenvalue weighted by Gasteiger charge is 2.31. The van der Waals surface area contributed by atoms with Crippen molar-refractivity contribution >= 4 is 11.7 Å². The Morgan fingerprint density at radius 2 is 2.29 bits per heavy atom. The maximum absolute atomic E-state index is 12.2. The molecule has 6 heteroatoms. The fourth-order valence-corrected chi connectivity index (χ4v) is 2.63. The highest BCUT2D eigenvalue weighted by atomic mass is 16.6. The van der Waals surface area contributed by atoms with Crippen molar-refractivity contribution < 1.29 is 19.4 Å². The summed E-state index contributed by atoms with van der Waals surface area (Å²) in [6.45, 7) is 7.02. The van der Waals surface area contributed by atoms with E-state index in [1.807, 2.05) is 20.8 Å². The van der Waals surface area contributed by atoms with E-state index in [9.17, 15) is 9.90 Å². The Morgan fingerprint density at radius 3 is 2.86 bits per heavy atom. The summed E-state index contributed by atoms with van der Waals surface area (Å²) in [6.07, 6.45) is -1.01. The molecule has 6 nitrogen and oxygen atoms in total. The van der Waals surface area contributed by atoms with Gasteiger partial charge in [-0.05, 0) is 31.9 Å². The second kappa shape index (κ2) is 6.32. The van der Waals surface area contributed by atoms with Crippen LogP contribution in [-0.4, -0.2) is 31.3 Å². The van der Waals surface area contributed by atoms with Crippen molar-refractivity contribution in [3.63, 3.8) is 0 Å². The van der Waals surface area contributed by atoms with Crippen molar-refractivity contribution in [3.05, 3.63) is 22.8 Å². The molecule has 0 spiro atoms. The van der Waals surface area contributed by atoms with E-state index in [1.165, 1.54) is 0 Å². The number of nitrogens with one attached hydrogen (secondary N) is 1. The molecule has 2 rings (SSSR count). The van der Waals surface area contributed by atoms with Gasteiger partial charge in [-0.15, -0.1) is 0 Å². The molecule has 2 N–H and O–H groups in total. The van der Waals surface area contributed by atoms with Crippen LogP contribution in [0.2, 0.25) is 0 Å². The van der Waals surface area contributed by atoms with Crippen molar-refractivity contribution in [2.24, 2.45) is 0 Å². The first kappa shape index (κ1) is 15.6. The fraction of sp³-hybridized carbons (Fsp3) is 0.533. The molecule has 1 aromatic carbocycles. The Labute approximate surface area is 124 Å². The summed E-state index contributed by atoms with van der Waals surface area (Å²) in [7, 11) is 1.59. The lowest BCUT2D eigenvalue weighted by Gasteiger charge is -2.25. The normalized spacial score (nSPS) is 16.5. The van der Waals surface area contributed by atoms with Gasteiger partial charge in [0.15, 0.2) is 6.29 Å². The number of aliphatic hydroxyl groups is 1. The van der Waals surface area contributed by atoms with Gasteiger partial charge in [-0.1, -0.05) is 0 Å². The maximum atomic E-state index is 12.2. The quantitative estimate of drug-likeness (QED) is 0.892. The SMILES string of the molecule is CCNC(=O)N(CC)c1cc(OC)c(C)c2c1C(O)OC2. The molecule has 0 fully saturated rings. The predicted octanol–water partition coefficient (Wildman–Crippen LogP) is 2.08. The molecule has 1 unspecified atom stereocenters. The summed E-state index contributed by atoms with van der Waals surface area (Å²) in [6, 6.07) is 1.58. The van der Waals surface area contributed by atoms with Crippen molar-refractivity contribution in [1.82, 2.24) is 5.32 Å². The van der Waals surface area contributed by atoms with Crippen LogP contribution >= 0.6 is 0 Å². The van der Waals surface area contributed by atoms with Gasteiger partial charge in [0.25, 0.3) is 0 Å². The predicted molar refractivity (Wildman–Crippen MR) is 79.6 cm³/mol. The van der Waals surface area contributed by atoms with E-state index in [2.05, 4.69) is 5.32 Å². The van der Waals surface area contributed by atoms with Gasteiger partial charge in [-0.3, -0.25) is 4.90 Å². The van der Waals surface area contributed by atoms with Crippen molar-refractivity contribution in [3.8, 4) is 5.75 Å². The van der Waals surface area contributed by atoms with E-state index in [0.717, 1.165) is 11.1 Å². The van der Waals surface area contributed by atoms with Crippen LogP contribution in [0.3, 0.4) is 0 Å². The maximum Gasteiger partial charge on any atom is 0.321 e. The summed E-state index contributed by atoms with van der Waals surface area (Å²) >= 11 is 0. The number of carbonyl (C=O) groups is 1. The van der Waals surface area contributed by atoms with E-state index in [4.69, 9.17) is 9.47 Å². The van der Waals surface area contributed by atoms with Gasteiger partial charge in [0.2, 0.25) is 0 Å². The van der Waals surface area contributed by atoms with Crippen molar-refractivity contribution in [2.45, 2.75) is 33.7 Å². The molecule has 116 valence electrons. The number of carbonyl (C=O) groups excluding carboxylic acids is 1. The highest BCUT2D eigenvalue weighted by molar-refractivity contribution is 5.93. The molecule has 0 saturated carbocycles. The molecule has 0 aromatic heterocycles. The summed E-state index contributed by atoms with van der Waals surface area (Å²) in [4.78, 5) is 13.8. The zero-order valence-electron chi connectivity index (χ0n) is 12.9. The Bertz CT molecular complexity index is 545. The Hall–Kier alpha value is -1.79. The van der Waals surface area contributed by atoms with Crippen LogP contribution in [0.1, 0.15) is 36.8 Å². The van der Waals surface area contributed by atoms with Gasteiger partial charge < -0.3 is 19.9 Å². The van der Waals surface area contributed by atoms with Gasteiger partial charge in [-0.25, -0.2) is 4.79 Å². The number of methoxy groups -OCH3 is 1. The second-order valence-electron chi connectivity index (χ2n) is 4.86. The van der Waals surface area contributed by atoms with Crippen LogP contribution in [-0.2, 0) is 11.3 Å². The number of rotatable bonds is 4. The summed E-state index contributed by atoms with van der Waals surface area (Å²) in [5, 5.41) is 12.9. The lowest BCUT2D eigenvalue weighted by molar-refractivity contribution is -0.0916. The number of nitrogens with zero attached hydrogens (tertiary/aromatic N) is 1. The third kappa shape index (κ3) is 2.69. The van der Waals surface area contributed by atoms with Crippen LogP contribution in [0.4, 0.5) is 10.5 Å². The molecule has 1 aliphatic rings. The first-order chi connectivity index (χ1) is 10.0. The Kier molecular flexibility index (Phi) is 4.69. The fourth-order valence-electron chi connectivity index (χ4n) is 2.63. The van der Waals surface area contributed by atoms with E-state index in [-0.39, 0.29) is 6.03 Å². The third-order valence-corrected chi connectivity index (χ3v) is 3.72. The number of fused-ring (bicyclic) bond motifs is 1. The largest absolute Gasteiger partial charge is 0.496 e. The number of benzene rings is 1. The van der Waals surface area contributed by atoms with E-state index in [0.29, 0.717) is 36.7 Å². The van der Waals surface area contributed by atoms with Crippen LogP contribution in [0.25, 0.3) is 0 Å². The number of anilines is 1. The summed E-state index contributed by atoms with van der Waals surface area (Å²) in [5.41, 5.74) is 3.10. The molecule has 0 bridgehead atoms.